The smallest absolute Gasteiger partial charge is 0.258 e. The SMILES string of the molecule is COc1ccc(OCC(=O)NC(C)c2nnc3ccccn23)cc1. The van der Waals surface area contributed by atoms with Crippen LogP contribution in [0.5, 0.6) is 11.5 Å². The fraction of sp³-hybridized carbons (Fsp3) is 0.235. The summed E-state index contributed by atoms with van der Waals surface area (Å²) in [4.78, 5) is 12.1. The molecule has 0 saturated carbocycles. The quantitative estimate of drug-likeness (QED) is 0.749. The van der Waals surface area contributed by atoms with Gasteiger partial charge >= 0.3 is 0 Å². The average molecular weight is 326 g/mol. The van der Waals surface area contributed by atoms with Gasteiger partial charge in [-0.25, -0.2) is 0 Å². The molecule has 2 aromatic heterocycles. The summed E-state index contributed by atoms with van der Waals surface area (Å²) in [5.74, 6) is 1.78. The molecule has 1 atom stereocenters. The molecular formula is C17H18N4O3. The zero-order valence-corrected chi connectivity index (χ0v) is 13.5. The second-order valence-electron chi connectivity index (χ2n) is 5.24. The van der Waals surface area contributed by atoms with Crippen LogP contribution in [-0.2, 0) is 4.79 Å². The second-order valence-corrected chi connectivity index (χ2v) is 5.24. The molecule has 24 heavy (non-hydrogen) atoms. The predicted octanol–water partition coefficient (Wildman–Crippen LogP) is 1.99. The Hall–Kier alpha value is -3.09. The summed E-state index contributed by atoms with van der Waals surface area (Å²) in [5.41, 5.74) is 0.739. The van der Waals surface area contributed by atoms with E-state index in [-0.39, 0.29) is 18.6 Å². The Morgan fingerprint density at radius 3 is 2.67 bits per heavy atom. The molecule has 2 heterocycles. The molecule has 0 aliphatic carbocycles. The van der Waals surface area contributed by atoms with Crippen LogP contribution in [0.4, 0.5) is 0 Å². The molecule has 1 amide bonds. The van der Waals surface area contributed by atoms with Crippen LogP contribution in [0.1, 0.15) is 18.8 Å². The van der Waals surface area contributed by atoms with E-state index in [1.54, 1.807) is 31.4 Å². The summed E-state index contributed by atoms with van der Waals surface area (Å²) in [6.45, 7) is 1.78. The van der Waals surface area contributed by atoms with Crippen LogP contribution in [-0.4, -0.2) is 34.2 Å². The summed E-state index contributed by atoms with van der Waals surface area (Å²) in [6.07, 6.45) is 1.86. The number of rotatable bonds is 6. The number of nitrogens with zero attached hydrogens (tertiary/aromatic N) is 3. The van der Waals surface area contributed by atoms with Crippen molar-refractivity contribution in [2.45, 2.75) is 13.0 Å². The van der Waals surface area contributed by atoms with Gasteiger partial charge in [-0.3, -0.25) is 9.20 Å². The maximum atomic E-state index is 12.1. The number of hydrogen-bond donors (Lipinski definition) is 1. The number of ether oxygens (including phenoxy) is 2. The van der Waals surface area contributed by atoms with Crippen LogP contribution in [0.15, 0.2) is 48.7 Å². The first-order valence-corrected chi connectivity index (χ1v) is 7.53. The largest absolute Gasteiger partial charge is 0.497 e. The third kappa shape index (κ3) is 3.45. The number of methoxy groups -OCH3 is 1. The Labute approximate surface area is 139 Å². The first-order valence-electron chi connectivity index (χ1n) is 7.53. The highest BCUT2D eigenvalue weighted by Gasteiger charge is 2.15. The minimum absolute atomic E-state index is 0.0760. The van der Waals surface area contributed by atoms with E-state index in [9.17, 15) is 4.79 Å². The standard InChI is InChI=1S/C17H18N4O3/c1-12(17-20-19-15-5-3-4-10-21(15)17)18-16(22)11-24-14-8-6-13(23-2)7-9-14/h3-10,12H,11H2,1-2H3,(H,18,22). The van der Waals surface area contributed by atoms with E-state index in [0.29, 0.717) is 11.6 Å². The Morgan fingerprint density at radius 1 is 1.17 bits per heavy atom. The van der Waals surface area contributed by atoms with Crippen molar-refractivity contribution in [3.8, 4) is 11.5 Å². The second kappa shape index (κ2) is 6.99. The lowest BCUT2D eigenvalue weighted by molar-refractivity contribution is -0.123. The third-order valence-corrected chi connectivity index (χ3v) is 3.53. The lowest BCUT2D eigenvalue weighted by Crippen LogP contribution is -2.32. The van der Waals surface area contributed by atoms with Crippen LogP contribution in [0.2, 0.25) is 0 Å². The highest BCUT2D eigenvalue weighted by atomic mass is 16.5. The molecule has 0 radical (unpaired) electrons. The highest BCUT2D eigenvalue weighted by Crippen LogP contribution is 2.17. The molecule has 0 bridgehead atoms. The molecule has 124 valence electrons. The van der Waals surface area contributed by atoms with Gasteiger partial charge in [0, 0.05) is 6.20 Å². The van der Waals surface area contributed by atoms with Gasteiger partial charge in [0.05, 0.1) is 13.2 Å². The average Bonchev–Trinajstić information content (AvgIpc) is 3.04. The maximum absolute atomic E-state index is 12.1. The van der Waals surface area contributed by atoms with Crippen LogP contribution in [0.3, 0.4) is 0 Å². The van der Waals surface area contributed by atoms with E-state index >= 15 is 0 Å². The van der Waals surface area contributed by atoms with Crippen molar-refractivity contribution in [2.75, 3.05) is 13.7 Å². The Balaban J connectivity index is 1.57. The zero-order chi connectivity index (χ0) is 16.9. The Kier molecular flexibility index (Phi) is 4.60. The van der Waals surface area contributed by atoms with Crippen molar-refractivity contribution in [2.24, 2.45) is 0 Å². The minimum Gasteiger partial charge on any atom is -0.497 e. The Morgan fingerprint density at radius 2 is 1.92 bits per heavy atom. The zero-order valence-electron chi connectivity index (χ0n) is 13.5. The molecule has 7 heteroatoms. The molecule has 1 aromatic carbocycles. The van der Waals surface area contributed by atoms with E-state index in [4.69, 9.17) is 9.47 Å². The van der Waals surface area contributed by atoms with Gasteiger partial charge in [0.2, 0.25) is 0 Å². The van der Waals surface area contributed by atoms with Crippen LogP contribution < -0.4 is 14.8 Å². The van der Waals surface area contributed by atoms with Crippen LogP contribution >= 0.6 is 0 Å². The van der Waals surface area contributed by atoms with Gasteiger partial charge < -0.3 is 14.8 Å². The van der Waals surface area contributed by atoms with Crippen molar-refractivity contribution >= 4 is 11.6 Å². The minimum atomic E-state index is -0.283. The van der Waals surface area contributed by atoms with Gasteiger partial charge in [-0.1, -0.05) is 6.07 Å². The van der Waals surface area contributed by atoms with Gasteiger partial charge in [0.15, 0.2) is 18.1 Å². The van der Waals surface area contributed by atoms with Gasteiger partial charge in [-0.15, -0.1) is 10.2 Å². The monoisotopic (exact) mass is 326 g/mol. The third-order valence-electron chi connectivity index (χ3n) is 3.53. The van der Waals surface area contributed by atoms with Gasteiger partial charge in [0.1, 0.15) is 11.5 Å². The van der Waals surface area contributed by atoms with E-state index < -0.39 is 0 Å². The first-order chi connectivity index (χ1) is 11.7. The summed E-state index contributed by atoms with van der Waals surface area (Å²) in [6, 6.07) is 12.4. The fourth-order valence-electron chi connectivity index (χ4n) is 2.32. The number of pyridine rings is 1. The number of aromatic nitrogens is 3. The number of benzene rings is 1. The molecule has 1 unspecified atom stereocenters. The molecule has 3 rings (SSSR count). The first kappa shape index (κ1) is 15.8. The van der Waals surface area contributed by atoms with Gasteiger partial charge in [0.25, 0.3) is 5.91 Å². The fourth-order valence-corrected chi connectivity index (χ4v) is 2.32. The molecule has 1 N–H and O–H groups in total. The lowest BCUT2D eigenvalue weighted by atomic mass is 10.3. The number of nitrogens with one attached hydrogen (secondary N) is 1. The number of fused-ring (bicyclic) bond motifs is 1. The van der Waals surface area contributed by atoms with E-state index in [1.165, 1.54) is 0 Å². The summed E-state index contributed by atoms with van der Waals surface area (Å²) < 4.78 is 12.4. The molecule has 0 fully saturated rings. The van der Waals surface area contributed by atoms with Gasteiger partial charge in [-0.2, -0.15) is 0 Å². The van der Waals surface area contributed by atoms with E-state index in [1.807, 2.05) is 35.7 Å². The Bertz CT molecular complexity index is 829. The number of hydrogen-bond acceptors (Lipinski definition) is 5. The topological polar surface area (TPSA) is 77.8 Å². The van der Waals surface area contributed by atoms with Crippen LogP contribution in [0.25, 0.3) is 5.65 Å². The number of carbonyl (C=O) groups is 1. The molecule has 0 aliphatic heterocycles. The summed E-state index contributed by atoms with van der Waals surface area (Å²) >= 11 is 0. The van der Waals surface area contributed by atoms with Crippen LogP contribution in [0, 0.1) is 0 Å². The molecule has 0 spiro atoms. The predicted molar refractivity (Wildman–Crippen MR) is 88.0 cm³/mol. The molecule has 7 nitrogen and oxygen atoms in total. The normalized spacial score (nSPS) is 11.9. The molecule has 3 aromatic rings. The summed E-state index contributed by atoms with van der Waals surface area (Å²) in [7, 11) is 1.60. The highest BCUT2D eigenvalue weighted by molar-refractivity contribution is 5.77. The van der Waals surface area contributed by atoms with Gasteiger partial charge in [-0.05, 0) is 43.3 Å². The van der Waals surface area contributed by atoms with E-state index in [2.05, 4.69) is 15.5 Å². The lowest BCUT2D eigenvalue weighted by Gasteiger charge is -2.13. The molecule has 0 saturated heterocycles. The summed E-state index contributed by atoms with van der Waals surface area (Å²) in [5, 5.41) is 11.1. The van der Waals surface area contributed by atoms with Crippen molar-refractivity contribution in [1.82, 2.24) is 19.9 Å². The van der Waals surface area contributed by atoms with Crippen molar-refractivity contribution < 1.29 is 14.3 Å². The molecule has 0 aliphatic rings. The molecular weight excluding hydrogens is 308 g/mol. The maximum Gasteiger partial charge on any atom is 0.258 e. The van der Waals surface area contributed by atoms with E-state index in [0.717, 1.165) is 11.4 Å². The number of carbonyl (C=O) groups excluding carboxylic acids is 1. The van der Waals surface area contributed by atoms with Crippen molar-refractivity contribution in [1.29, 1.82) is 0 Å². The van der Waals surface area contributed by atoms with Crippen molar-refractivity contribution in [3.63, 3.8) is 0 Å². The van der Waals surface area contributed by atoms with Crippen molar-refractivity contribution in [3.05, 3.63) is 54.5 Å². The number of amides is 1.